The number of benzene rings is 2. The number of aromatic hydroxyl groups is 1. The van der Waals surface area contributed by atoms with Gasteiger partial charge in [-0.3, -0.25) is 14.4 Å². The molecule has 1 aliphatic rings. The van der Waals surface area contributed by atoms with Gasteiger partial charge in [-0.1, -0.05) is 6.08 Å². The van der Waals surface area contributed by atoms with Gasteiger partial charge in [0, 0.05) is 25.2 Å². The monoisotopic (exact) mass is 614 g/mol. The molecule has 1 aliphatic heterocycles. The third-order valence-electron chi connectivity index (χ3n) is 6.10. The zero-order valence-corrected chi connectivity index (χ0v) is 24.9. The number of carbonyl (C=O) groups excluding carboxylic acids is 4. The smallest absolute Gasteiger partial charge is 0.358 e. The summed E-state index contributed by atoms with van der Waals surface area (Å²) in [4.78, 5) is 70.7. The van der Waals surface area contributed by atoms with Crippen LogP contribution in [0.25, 0.3) is 11.8 Å². The van der Waals surface area contributed by atoms with Crippen LogP contribution in [0.4, 0.5) is 21.9 Å². The molecule has 14 nitrogen and oxygen atoms in total. The van der Waals surface area contributed by atoms with Gasteiger partial charge >= 0.3 is 11.7 Å². The second-order valence-corrected chi connectivity index (χ2v) is 9.37. The third-order valence-corrected chi connectivity index (χ3v) is 6.10. The van der Waals surface area contributed by atoms with Gasteiger partial charge in [0.15, 0.2) is 0 Å². The largest absolute Gasteiger partial charge is 0.494 e. The maximum absolute atomic E-state index is 13.6. The predicted molar refractivity (Wildman–Crippen MR) is 167 cm³/mol. The molecule has 0 fully saturated rings. The molecule has 5 amide bonds. The number of hydrogen-bond acceptors (Lipinski definition) is 9. The summed E-state index contributed by atoms with van der Waals surface area (Å²) in [5, 5.41) is 16.4. The van der Waals surface area contributed by atoms with E-state index in [1.165, 1.54) is 68.5 Å². The van der Waals surface area contributed by atoms with Crippen LogP contribution in [-0.4, -0.2) is 57.5 Å². The lowest BCUT2D eigenvalue weighted by molar-refractivity contribution is -0.115. The van der Waals surface area contributed by atoms with E-state index < -0.39 is 23.5 Å². The number of ether oxygens (including phenoxy) is 2. The summed E-state index contributed by atoms with van der Waals surface area (Å²) < 4.78 is 11.9. The highest BCUT2D eigenvalue weighted by atomic mass is 16.5. The molecule has 0 aliphatic carbocycles. The Hall–Kier alpha value is -6.05. The van der Waals surface area contributed by atoms with Gasteiger partial charge in [-0.2, -0.15) is 9.98 Å². The molecule has 14 heteroatoms. The van der Waals surface area contributed by atoms with Crippen molar-refractivity contribution in [2.75, 3.05) is 28.7 Å². The van der Waals surface area contributed by atoms with E-state index in [2.05, 4.69) is 20.6 Å². The van der Waals surface area contributed by atoms with Gasteiger partial charge in [0.05, 0.1) is 30.2 Å². The van der Waals surface area contributed by atoms with E-state index in [-0.39, 0.29) is 59.3 Å². The highest BCUT2D eigenvalue weighted by Crippen LogP contribution is 2.29. The van der Waals surface area contributed by atoms with Crippen LogP contribution in [0.15, 0.2) is 76.0 Å². The molecule has 0 unspecified atom stereocenters. The molecule has 0 radical (unpaired) electrons. The molecule has 0 bridgehead atoms. The first-order chi connectivity index (χ1) is 21.5. The zero-order valence-electron chi connectivity index (χ0n) is 24.9. The predicted octanol–water partition coefficient (Wildman–Crippen LogP) is 3.80. The number of rotatable bonds is 9. The summed E-state index contributed by atoms with van der Waals surface area (Å²) >= 11 is 0. The van der Waals surface area contributed by atoms with Crippen molar-refractivity contribution in [1.82, 2.24) is 9.55 Å². The Kier molecular flexibility index (Phi) is 9.88. The molecular formula is C31H30N6O8. The van der Waals surface area contributed by atoms with Crippen molar-refractivity contribution in [1.29, 1.82) is 0 Å². The SMILES string of the molecule is CCOC1=NC(=O)N(c2ccc(NC(C)=O)cc2)C(=O)C1=CC=Cc1c(OCC)nc(=O)n(-c2ccc(NC(C)=O)cc2)c1O. The molecule has 232 valence electrons. The van der Waals surface area contributed by atoms with Crippen molar-refractivity contribution in [2.45, 2.75) is 27.7 Å². The van der Waals surface area contributed by atoms with Crippen LogP contribution in [0.3, 0.4) is 0 Å². The maximum atomic E-state index is 13.6. The quantitative estimate of drug-likeness (QED) is 0.302. The number of carbonyl (C=O) groups is 4. The fourth-order valence-corrected chi connectivity index (χ4v) is 4.28. The minimum Gasteiger partial charge on any atom is -0.494 e. The van der Waals surface area contributed by atoms with Crippen molar-refractivity contribution in [2.24, 2.45) is 4.99 Å². The number of urea groups is 1. The second-order valence-electron chi connectivity index (χ2n) is 9.37. The molecule has 0 saturated heterocycles. The summed E-state index contributed by atoms with van der Waals surface area (Å²) in [7, 11) is 0. The first-order valence-electron chi connectivity index (χ1n) is 13.8. The molecule has 3 N–H and O–H groups in total. The van der Waals surface area contributed by atoms with Crippen molar-refractivity contribution in [3.05, 3.63) is 82.3 Å². The number of hydrogen-bond donors (Lipinski definition) is 3. The maximum Gasteiger partial charge on any atom is 0.358 e. The Morgan fingerprint density at radius 2 is 1.42 bits per heavy atom. The fourth-order valence-electron chi connectivity index (χ4n) is 4.28. The molecule has 0 spiro atoms. The molecular weight excluding hydrogens is 584 g/mol. The second kappa shape index (κ2) is 13.9. The summed E-state index contributed by atoms with van der Waals surface area (Å²) in [6.07, 6.45) is 4.11. The average molecular weight is 615 g/mol. The van der Waals surface area contributed by atoms with E-state index >= 15 is 0 Å². The van der Waals surface area contributed by atoms with Crippen molar-refractivity contribution < 1.29 is 33.8 Å². The van der Waals surface area contributed by atoms with Crippen LogP contribution in [0.1, 0.15) is 33.3 Å². The highest BCUT2D eigenvalue weighted by molar-refractivity contribution is 6.36. The normalized spacial score (nSPS) is 14.0. The van der Waals surface area contributed by atoms with Gasteiger partial charge in [-0.05, 0) is 74.5 Å². The molecule has 0 saturated carbocycles. The summed E-state index contributed by atoms with van der Waals surface area (Å²) in [5.41, 5.74) is 0.594. The Balaban J connectivity index is 1.73. The number of anilines is 3. The van der Waals surface area contributed by atoms with Crippen LogP contribution in [0, 0.1) is 0 Å². The van der Waals surface area contributed by atoms with Gasteiger partial charge in [0.25, 0.3) is 5.91 Å². The lowest BCUT2D eigenvalue weighted by Crippen LogP contribution is -2.43. The molecule has 2 heterocycles. The first-order valence-corrected chi connectivity index (χ1v) is 13.8. The summed E-state index contributed by atoms with van der Waals surface area (Å²) in [5.74, 6) is -2.12. The number of allylic oxidation sites excluding steroid dienone is 2. The summed E-state index contributed by atoms with van der Waals surface area (Å²) in [6.45, 7) is 6.33. The van der Waals surface area contributed by atoms with E-state index in [0.717, 1.165) is 9.47 Å². The molecule has 2 aromatic carbocycles. The van der Waals surface area contributed by atoms with Crippen molar-refractivity contribution in [3.63, 3.8) is 0 Å². The van der Waals surface area contributed by atoms with Crippen LogP contribution < -0.4 is 26.0 Å². The average Bonchev–Trinajstić information content (AvgIpc) is 2.97. The highest BCUT2D eigenvalue weighted by Gasteiger charge is 2.35. The Bertz CT molecular complexity index is 1790. The van der Waals surface area contributed by atoms with E-state index in [1.807, 2.05) is 0 Å². The third kappa shape index (κ3) is 7.30. The summed E-state index contributed by atoms with van der Waals surface area (Å²) in [6, 6.07) is 11.3. The van der Waals surface area contributed by atoms with E-state index in [9.17, 15) is 29.1 Å². The fraction of sp³-hybridized carbons (Fsp3) is 0.194. The molecule has 45 heavy (non-hydrogen) atoms. The minimum absolute atomic E-state index is 0.0267. The van der Waals surface area contributed by atoms with Crippen LogP contribution in [0.2, 0.25) is 0 Å². The lowest BCUT2D eigenvalue weighted by atomic mass is 10.1. The number of nitrogens with one attached hydrogen (secondary N) is 2. The minimum atomic E-state index is -0.867. The topological polar surface area (TPSA) is 182 Å². The number of aliphatic imine (C=N–C) groups is 1. The molecule has 3 aromatic rings. The Morgan fingerprint density at radius 1 is 0.867 bits per heavy atom. The van der Waals surface area contributed by atoms with Gasteiger partial charge in [0.2, 0.25) is 29.5 Å². The number of nitrogens with zero attached hydrogens (tertiary/aromatic N) is 4. The molecule has 1 aromatic heterocycles. The molecule has 0 atom stereocenters. The number of aromatic nitrogens is 2. The van der Waals surface area contributed by atoms with Gasteiger partial charge in [0.1, 0.15) is 5.57 Å². The lowest BCUT2D eigenvalue weighted by Gasteiger charge is -2.25. The van der Waals surface area contributed by atoms with Gasteiger partial charge in [-0.15, -0.1) is 0 Å². The first kappa shape index (κ1) is 31.9. The Morgan fingerprint density at radius 3 is 1.96 bits per heavy atom. The van der Waals surface area contributed by atoms with Gasteiger partial charge in [-0.25, -0.2) is 19.1 Å². The number of imide groups is 1. The van der Waals surface area contributed by atoms with Crippen LogP contribution in [0.5, 0.6) is 11.8 Å². The van der Waals surface area contributed by atoms with E-state index in [4.69, 9.17) is 9.47 Å². The van der Waals surface area contributed by atoms with Crippen LogP contribution >= 0.6 is 0 Å². The number of amides is 5. The van der Waals surface area contributed by atoms with E-state index in [1.54, 1.807) is 26.0 Å². The van der Waals surface area contributed by atoms with E-state index in [0.29, 0.717) is 11.4 Å². The zero-order chi connectivity index (χ0) is 32.7. The van der Waals surface area contributed by atoms with Crippen molar-refractivity contribution in [3.8, 4) is 17.4 Å². The standard InChI is InChI=1S/C31H30N6O8/c1-5-44-26-24(28(40)36(30(42)34-26)22-14-10-20(11-15-22)32-18(3)38)8-7-9-25-27(45-6-2)35-31(43)37(29(25)41)23-16-12-21(13-17-23)33-19(4)39/h7-17,40H,5-6H2,1-4H3,(H,32,38)(H,33,39). The van der Waals surface area contributed by atoms with Gasteiger partial charge < -0.3 is 25.2 Å². The van der Waals surface area contributed by atoms with Crippen molar-refractivity contribution >= 4 is 52.8 Å². The molecule has 4 rings (SSSR count). The van der Waals surface area contributed by atoms with Crippen LogP contribution in [-0.2, 0) is 19.1 Å². The Labute approximate surface area is 257 Å².